The summed E-state index contributed by atoms with van der Waals surface area (Å²) < 4.78 is 0. The predicted octanol–water partition coefficient (Wildman–Crippen LogP) is 3.25. The van der Waals surface area contributed by atoms with Crippen LogP contribution >= 0.6 is 23.2 Å². The van der Waals surface area contributed by atoms with Crippen LogP contribution in [0.5, 0.6) is 0 Å². The Hall–Kier alpha value is -1.20. The number of nitrogens with zero attached hydrogens (tertiary/aromatic N) is 2. The lowest BCUT2D eigenvalue weighted by atomic mass is 10.2. The van der Waals surface area contributed by atoms with Crippen LogP contribution in [0.3, 0.4) is 0 Å². The van der Waals surface area contributed by atoms with Gasteiger partial charge in [0.2, 0.25) is 0 Å². The van der Waals surface area contributed by atoms with Gasteiger partial charge in [-0.1, -0.05) is 23.2 Å². The summed E-state index contributed by atoms with van der Waals surface area (Å²) in [6.45, 7) is 0. The highest BCUT2D eigenvalue weighted by atomic mass is 35.5. The van der Waals surface area contributed by atoms with Gasteiger partial charge in [0.05, 0.1) is 10.5 Å². The Morgan fingerprint density at radius 2 is 2.14 bits per heavy atom. The van der Waals surface area contributed by atoms with Crippen molar-refractivity contribution in [1.29, 1.82) is 0 Å². The molecule has 0 spiro atoms. The highest BCUT2D eigenvalue weighted by Gasteiger charge is 2.21. The van der Waals surface area contributed by atoms with E-state index in [1.165, 1.54) is 18.2 Å². The van der Waals surface area contributed by atoms with Gasteiger partial charge < -0.3 is 0 Å². The Kier molecular flexibility index (Phi) is 3.38. The fraction of sp³-hybridized carbons (Fsp3) is 0.143. The van der Waals surface area contributed by atoms with Crippen LogP contribution in [0, 0.1) is 15.0 Å². The maximum absolute atomic E-state index is 10.5. The molecule has 0 aliphatic carbocycles. The fourth-order valence-corrected chi connectivity index (χ4v) is 1.29. The van der Waals surface area contributed by atoms with Gasteiger partial charge in [0.15, 0.2) is 5.50 Å². The molecule has 5 nitrogen and oxygen atoms in total. The van der Waals surface area contributed by atoms with Gasteiger partial charge in [-0.05, 0) is 17.3 Å². The average Bonchev–Trinajstić information content (AvgIpc) is 2.16. The van der Waals surface area contributed by atoms with Crippen molar-refractivity contribution in [1.82, 2.24) is 0 Å². The van der Waals surface area contributed by atoms with Crippen molar-refractivity contribution in [2.75, 3.05) is 0 Å². The van der Waals surface area contributed by atoms with E-state index >= 15 is 0 Å². The molecule has 7 heteroatoms. The van der Waals surface area contributed by atoms with Gasteiger partial charge in [0, 0.05) is 11.1 Å². The molecule has 1 atom stereocenters. The zero-order valence-electron chi connectivity index (χ0n) is 6.68. The second-order valence-corrected chi connectivity index (χ2v) is 3.25. The standard InChI is InChI=1S/C7H4Cl2N2O3/c8-4-1-2-6(11(13)14)5(3-4)7(9)10-12/h1-3,7H. The van der Waals surface area contributed by atoms with Crippen LogP contribution in [0.4, 0.5) is 5.69 Å². The Morgan fingerprint density at radius 1 is 1.50 bits per heavy atom. The molecule has 0 amide bonds. The summed E-state index contributed by atoms with van der Waals surface area (Å²) in [6, 6.07) is 3.77. The largest absolute Gasteiger partial charge is 0.276 e. The minimum Gasteiger partial charge on any atom is -0.258 e. The molecular weight excluding hydrogens is 231 g/mol. The number of benzene rings is 1. The van der Waals surface area contributed by atoms with E-state index in [1.54, 1.807) is 0 Å². The van der Waals surface area contributed by atoms with Crippen molar-refractivity contribution < 1.29 is 4.92 Å². The van der Waals surface area contributed by atoms with Gasteiger partial charge in [-0.3, -0.25) is 10.1 Å². The highest BCUT2D eigenvalue weighted by Crippen LogP contribution is 2.32. The van der Waals surface area contributed by atoms with Gasteiger partial charge >= 0.3 is 0 Å². The maximum Gasteiger partial charge on any atom is 0.276 e. The number of nitro benzene ring substituents is 1. The van der Waals surface area contributed by atoms with E-state index in [1.807, 2.05) is 0 Å². The molecule has 0 bridgehead atoms. The number of nitro groups is 1. The zero-order valence-corrected chi connectivity index (χ0v) is 8.20. The van der Waals surface area contributed by atoms with Gasteiger partial charge in [0.1, 0.15) is 0 Å². The van der Waals surface area contributed by atoms with Gasteiger partial charge in [-0.2, -0.15) is 0 Å². The van der Waals surface area contributed by atoms with Crippen LogP contribution in [0.1, 0.15) is 11.1 Å². The minimum absolute atomic E-state index is 0.000772. The van der Waals surface area contributed by atoms with Crippen LogP contribution in [-0.2, 0) is 0 Å². The Labute approximate surface area is 88.8 Å². The molecule has 0 fully saturated rings. The number of hydrogen-bond acceptors (Lipinski definition) is 4. The Bertz CT molecular complexity index is 383. The first-order valence-electron chi connectivity index (χ1n) is 3.46. The van der Waals surface area contributed by atoms with Crippen molar-refractivity contribution in [3.8, 4) is 0 Å². The molecular formula is C7H4Cl2N2O3. The quantitative estimate of drug-likeness (QED) is 0.265. The molecule has 1 rings (SSSR count). The molecule has 0 heterocycles. The van der Waals surface area contributed by atoms with E-state index < -0.39 is 10.4 Å². The van der Waals surface area contributed by atoms with Crippen molar-refractivity contribution in [3.05, 3.63) is 43.8 Å². The van der Waals surface area contributed by atoms with E-state index in [0.717, 1.165) is 0 Å². The lowest BCUT2D eigenvalue weighted by Crippen LogP contribution is -1.96. The number of hydrogen-bond donors (Lipinski definition) is 0. The third-order valence-corrected chi connectivity index (χ3v) is 2.09. The van der Waals surface area contributed by atoms with E-state index in [4.69, 9.17) is 23.2 Å². The summed E-state index contributed by atoms with van der Waals surface area (Å²) in [5.41, 5.74) is -1.57. The minimum atomic E-state index is -1.30. The second-order valence-electron chi connectivity index (χ2n) is 2.40. The Balaban J connectivity index is 3.29. The third kappa shape index (κ3) is 2.18. The second kappa shape index (κ2) is 4.34. The zero-order chi connectivity index (χ0) is 10.7. The van der Waals surface area contributed by atoms with Crippen LogP contribution in [-0.4, -0.2) is 4.92 Å². The number of nitroso groups, excluding NO2 is 1. The first-order chi connectivity index (χ1) is 6.56. The number of rotatable bonds is 3. The van der Waals surface area contributed by atoms with Crippen LogP contribution in [0.25, 0.3) is 0 Å². The van der Waals surface area contributed by atoms with Crippen molar-refractivity contribution >= 4 is 28.9 Å². The van der Waals surface area contributed by atoms with Crippen molar-refractivity contribution in [2.24, 2.45) is 5.18 Å². The molecule has 0 saturated heterocycles. The monoisotopic (exact) mass is 234 g/mol. The third-order valence-electron chi connectivity index (χ3n) is 1.54. The first kappa shape index (κ1) is 10.9. The lowest BCUT2D eigenvalue weighted by Gasteiger charge is -2.02. The molecule has 0 aromatic heterocycles. The molecule has 0 aliphatic rings. The topological polar surface area (TPSA) is 72.6 Å². The summed E-state index contributed by atoms with van der Waals surface area (Å²) in [4.78, 5) is 20.0. The van der Waals surface area contributed by atoms with Crippen molar-refractivity contribution in [2.45, 2.75) is 5.50 Å². The molecule has 0 radical (unpaired) electrons. The SMILES string of the molecule is O=NC(Cl)c1cc(Cl)ccc1[N+](=O)[O-]. The van der Waals surface area contributed by atoms with E-state index in [-0.39, 0.29) is 16.3 Å². The predicted molar refractivity (Wildman–Crippen MR) is 52.5 cm³/mol. The molecule has 74 valence electrons. The average molecular weight is 235 g/mol. The molecule has 0 aliphatic heterocycles. The smallest absolute Gasteiger partial charge is 0.258 e. The van der Waals surface area contributed by atoms with Crippen LogP contribution in [0.2, 0.25) is 5.02 Å². The Morgan fingerprint density at radius 3 is 2.64 bits per heavy atom. The normalized spacial score (nSPS) is 12.1. The maximum atomic E-state index is 10.5. The van der Waals surface area contributed by atoms with E-state index in [9.17, 15) is 15.0 Å². The number of alkyl halides is 1. The first-order valence-corrected chi connectivity index (χ1v) is 4.28. The van der Waals surface area contributed by atoms with E-state index in [0.29, 0.717) is 0 Å². The summed E-state index contributed by atoms with van der Waals surface area (Å²) in [5.74, 6) is 0. The van der Waals surface area contributed by atoms with Crippen LogP contribution < -0.4 is 0 Å². The van der Waals surface area contributed by atoms with Crippen molar-refractivity contribution in [3.63, 3.8) is 0 Å². The lowest BCUT2D eigenvalue weighted by molar-refractivity contribution is -0.385. The van der Waals surface area contributed by atoms with Crippen LogP contribution in [0.15, 0.2) is 23.4 Å². The molecule has 0 N–H and O–H groups in total. The molecule has 1 aromatic rings. The summed E-state index contributed by atoms with van der Waals surface area (Å²) in [6.07, 6.45) is 0. The molecule has 1 aromatic carbocycles. The summed E-state index contributed by atoms with van der Waals surface area (Å²) >= 11 is 11.1. The molecule has 0 saturated carbocycles. The van der Waals surface area contributed by atoms with Gasteiger partial charge in [-0.25, -0.2) is 0 Å². The number of halogens is 2. The van der Waals surface area contributed by atoms with Gasteiger partial charge in [0.25, 0.3) is 5.69 Å². The van der Waals surface area contributed by atoms with Gasteiger partial charge in [-0.15, -0.1) is 4.91 Å². The molecule has 14 heavy (non-hydrogen) atoms. The highest BCUT2D eigenvalue weighted by molar-refractivity contribution is 6.31. The summed E-state index contributed by atoms with van der Waals surface area (Å²) in [7, 11) is 0. The summed E-state index contributed by atoms with van der Waals surface area (Å²) in [5, 5.41) is 13.3. The molecule has 1 unspecified atom stereocenters. The van der Waals surface area contributed by atoms with E-state index in [2.05, 4.69) is 5.18 Å². The fourth-order valence-electron chi connectivity index (χ4n) is 0.939.